The maximum atomic E-state index is 10.6. The van der Waals surface area contributed by atoms with Gasteiger partial charge in [-0.15, -0.1) is 6.58 Å². The molecule has 0 saturated carbocycles. The minimum Gasteiger partial charge on any atom is -0.302 e. The number of carbonyl (C=O) groups excluding carboxylic acids is 1. The highest BCUT2D eigenvalue weighted by Crippen LogP contribution is 2.21. The van der Waals surface area contributed by atoms with Crippen molar-refractivity contribution < 1.29 is 4.79 Å². The summed E-state index contributed by atoms with van der Waals surface area (Å²) in [6.07, 6.45) is 6.64. The molecule has 1 nitrogen and oxygen atoms in total. The van der Waals surface area contributed by atoms with Gasteiger partial charge >= 0.3 is 0 Å². The molecule has 0 heterocycles. The van der Waals surface area contributed by atoms with Crippen molar-refractivity contribution in [3.8, 4) is 0 Å². The first-order chi connectivity index (χ1) is 5.54. The van der Waals surface area contributed by atoms with Crippen molar-refractivity contribution in [1.29, 1.82) is 0 Å². The van der Waals surface area contributed by atoms with E-state index in [9.17, 15) is 4.79 Å². The van der Waals surface area contributed by atoms with Gasteiger partial charge in [-0.05, 0) is 33.6 Å². The number of aldehydes is 1. The quantitative estimate of drug-likeness (QED) is 0.453. The average Bonchev–Trinajstić information content (AvgIpc) is 2.03. The molecule has 1 atom stereocenters. The molecule has 0 aliphatic rings. The summed E-state index contributed by atoms with van der Waals surface area (Å²) >= 11 is 0. The maximum Gasteiger partial charge on any atom is 0.129 e. The van der Waals surface area contributed by atoms with E-state index in [4.69, 9.17) is 0 Å². The molecule has 0 aromatic heterocycles. The molecule has 0 spiro atoms. The lowest BCUT2D eigenvalue weighted by Crippen LogP contribution is -2.13. The van der Waals surface area contributed by atoms with Crippen LogP contribution in [0.2, 0.25) is 0 Å². The zero-order chi connectivity index (χ0) is 9.61. The molecule has 0 aliphatic carbocycles. The van der Waals surface area contributed by atoms with E-state index in [-0.39, 0.29) is 5.41 Å². The van der Waals surface area contributed by atoms with Crippen LogP contribution in [0.1, 0.15) is 33.6 Å². The minimum absolute atomic E-state index is 0.341. The smallest absolute Gasteiger partial charge is 0.129 e. The first-order valence-electron chi connectivity index (χ1n) is 4.27. The molecule has 1 heteroatoms. The molecule has 0 aromatic carbocycles. The molecular weight excluding hydrogens is 148 g/mol. The molecule has 0 unspecified atom stereocenters. The van der Waals surface area contributed by atoms with Crippen molar-refractivity contribution in [3.05, 3.63) is 24.3 Å². The molecule has 0 amide bonds. The largest absolute Gasteiger partial charge is 0.302 e. The molecule has 0 bridgehead atoms. The van der Waals surface area contributed by atoms with Gasteiger partial charge in [-0.1, -0.05) is 17.7 Å². The van der Waals surface area contributed by atoms with Gasteiger partial charge < -0.3 is 4.79 Å². The highest BCUT2D eigenvalue weighted by molar-refractivity contribution is 5.61. The molecule has 0 fully saturated rings. The summed E-state index contributed by atoms with van der Waals surface area (Å²) in [5, 5.41) is 0. The molecule has 0 aromatic rings. The van der Waals surface area contributed by atoms with Crippen LogP contribution < -0.4 is 0 Å². The van der Waals surface area contributed by atoms with Gasteiger partial charge in [-0.25, -0.2) is 0 Å². The first-order valence-corrected chi connectivity index (χ1v) is 4.27. The van der Waals surface area contributed by atoms with Gasteiger partial charge in [-0.2, -0.15) is 0 Å². The van der Waals surface area contributed by atoms with Crippen molar-refractivity contribution in [3.63, 3.8) is 0 Å². The van der Waals surface area contributed by atoms with Crippen LogP contribution in [0.15, 0.2) is 24.3 Å². The number of allylic oxidation sites excluding steroid dienone is 3. The van der Waals surface area contributed by atoms with E-state index < -0.39 is 0 Å². The fourth-order valence-corrected chi connectivity index (χ4v) is 0.881. The van der Waals surface area contributed by atoms with Crippen molar-refractivity contribution in [2.45, 2.75) is 33.6 Å². The van der Waals surface area contributed by atoms with Crippen LogP contribution in [0.25, 0.3) is 0 Å². The van der Waals surface area contributed by atoms with Crippen molar-refractivity contribution >= 4 is 6.29 Å². The monoisotopic (exact) mass is 166 g/mol. The normalized spacial score (nSPS) is 14.6. The predicted molar refractivity (Wildman–Crippen MR) is 53.0 cm³/mol. The number of carbonyl (C=O) groups is 1. The summed E-state index contributed by atoms with van der Waals surface area (Å²) in [4.78, 5) is 10.6. The summed E-state index contributed by atoms with van der Waals surface area (Å²) in [6, 6.07) is 0. The molecule has 12 heavy (non-hydrogen) atoms. The Labute approximate surface area is 75.2 Å². The third kappa shape index (κ3) is 4.12. The maximum absolute atomic E-state index is 10.6. The van der Waals surface area contributed by atoms with E-state index in [1.165, 1.54) is 5.57 Å². The Balaban J connectivity index is 3.98. The van der Waals surface area contributed by atoms with Gasteiger partial charge in [0.05, 0.1) is 0 Å². The van der Waals surface area contributed by atoms with Crippen LogP contribution in [0, 0.1) is 5.41 Å². The molecule has 0 rings (SSSR count). The SMILES string of the molecule is C=C[C@@](C)(C=O)CCC=C(C)C. The Hall–Kier alpha value is -0.850. The summed E-state index contributed by atoms with van der Waals surface area (Å²) in [7, 11) is 0. The van der Waals surface area contributed by atoms with E-state index in [0.29, 0.717) is 0 Å². The van der Waals surface area contributed by atoms with Crippen LogP contribution in [-0.4, -0.2) is 6.29 Å². The fourth-order valence-electron chi connectivity index (χ4n) is 0.881. The lowest BCUT2D eigenvalue weighted by molar-refractivity contribution is -0.113. The molecular formula is C11H18O. The second-order valence-electron chi connectivity index (χ2n) is 3.65. The highest BCUT2D eigenvalue weighted by Gasteiger charge is 2.17. The van der Waals surface area contributed by atoms with Gasteiger partial charge in [-0.3, -0.25) is 0 Å². The third-order valence-corrected chi connectivity index (χ3v) is 1.97. The third-order valence-electron chi connectivity index (χ3n) is 1.97. The van der Waals surface area contributed by atoms with Gasteiger partial charge in [0.1, 0.15) is 6.29 Å². The van der Waals surface area contributed by atoms with Crippen molar-refractivity contribution in [1.82, 2.24) is 0 Å². The van der Waals surface area contributed by atoms with Gasteiger partial charge in [0.15, 0.2) is 0 Å². The number of hydrogen-bond acceptors (Lipinski definition) is 1. The number of hydrogen-bond donors (Lipinski definition) is 0. The standard InChI is InChI=1S/C11H18O/c1-5-11(4,9-12)8-6-7-10(2)3/h5,7,9H,1,6,8H2,2-4H3/t11-/m1/s1. The Morgan fingerprint density at radius 2 is 2.08 bits per heavy atom. The second-order valence-corrected chi connectivity index (χ2v) is 3.65. The van der Waals surface area contributed by atoms with E-state index in [1.54, 1.807) is 6.08 Å². The van der Waals surface area contributed by atoms with Gasteiger partial charge in [0, 0.05) is 5.41 Å². The molecule has 0 saturated heterocycles. The fraction of sp³-hybridized carbons (Fsp3) is 0.545. The summed E-state index contributed by atoms with van der Waals surface area (Å²) in [5.74, 6) is 0. The van der Waals surface area contributed by atoms with Gasteiger partial charge in [0.25, 0.3) is 0 Å². The van der Waals surface area contributed by atoms with E-state index in [0.717, 1.165) is 19.1 Å². The van der Waals surface area contributed by atoms with E-state index in [2.05, 4.69) is 26.5 Å². The van der Waals surface area contributed by atoms with Crippen molar-refractivity contribution in [2.24, 2.45) is 5.41 Å². The zero-order valence-corrected chi connectivity index (χ0v) is 8.26. The summed E-state index contributed by atoms with van der Waals surface area (Å²) in [5.41, 5.74) is 0.957. The molecule has 68 valence electrons. The predicted octanol–water partition coefficient (Wildman–Crippen LogP) is 3.12. The Morgan fingerprint density at radius 3 is 2.42 bits per heavy atom. The van der Waals surface area contributed by atoms with Crippen LogP contribution in [-0.2, 0) is 4.79 Å². The van der Waals surface area contributed by atoms with E-state index >= 15 is 0 Å². The zero-order valence-electron chi connectivity index (χ0n) is 8.26. The second kappa shape index (κ2) is 4.91. The average molecular weight is 166 g/mol. The summed E-state index contributed by atoms with van der Waals surface area (Å²) in [6.45, 7) is 9.68. The lowest BCUT2D eigenvalue weighted by atomic mass is 9.87. The van der Waals surface area contributed by atoms with Crippen LogP contribution in [0.5, 0.6) is 0 Å². The first kappa shape index (κ1) is 11.2. The van der Waals surface area contributed by atoms with Crippen LogP contribution in [0.4, 0.5) is 0 Å². The van der Waals surface area contributed by atoms with Crippen LogP contribution >= 0.6 is 0 Å². The molecule has 0 N–H and O–H groups in total. The molecule has 0 radical (unpaired) electrons. The Bertz CT molecular complexity index is 177. The topological polar surface area (TPSA) is 17.1 Å². The number of rotatable bonds is 5. The van der Waals surface area contributed by atoms with Gasteiger partial charge in [0.2, 0.25) is 0 Å². The summed E-state index contributed by atoms with van der Waals surface area (Å²) < 4.78 is 0. The lowest BCUT2D eigenvalue weighted by Gasteiger charge is -2.16. The Kier molecular flexibility index (Phi) is 4.57. The minimum atomic E-state index is -0.341. The van der Waals surface area contributed by atoms with Crippen molar-refractivity contribution in [2.75, 3.05) is 0 Å². The molecule has 0 aliphatic heterocycles. The van der Waals surface area contributed by atoms with Crippen LogP contribution in [0.3, 0.4) is 0 Å². The van der Waals surface area contributed by atoms with E-state index in [1.807, 2.05) is 6.92 Å². The Morgan fingerprint density at radius 1 is 1.50 bits per heavy atom. The highest BCUT2D eigenvalue weighted by atomic mass is 16.1.